The SMILES string of the molecule is c1ccc(-c2ccc(N(c3ccc(-c4ccc5c(c4)Oc4ccc6ccccc6c4-c4cc(-c6ccccc6)ccc4-5)cc3)c3ccccc3-c3ccccc3)cc2)cc1. The van der Waals surface area contributed by atoms with Crippen molar-refractivity contribution in [3.63, 3.8) is 0 Å². The predicted molar refractivity (Wildman–Crippen MR) is 251 cm³/mol. The number of hydrogen-bond donors (Lipinski definition) is 0. The second-order valence-electron chi connectivity index (χ2n) is 15.3. The Morgan fingerprint density at radius 2 is 0.783 bits per heavy atom. The van der Waals surface area contributed by atoms with Crippen LogP contribution >= 0.6 is 0 Å². The molecule has 0 fully saturated rings. The molecule has 1 aliphatic heterocycles. The molecule has 1 heterocycles. The second kappa shape index (κ2) is 15.1. The molecule has 0 bridgehead atoms. The quantitative estimate of drug-likeness (QED) is 0.160. The van der Waals surface area contributed by atoms with E-state index in [1.54, 1.807) is 0 Å². The van der Waals surface area contributed by atoms with Gasteiger partial charge in [0, 0.05) is 28.1 Å². The van der Waals surface area contributed by atoms with E-state index in [9.17, 15) is 0 Å². The zero-order valence-electron chi connectivity index (χ0n) is 32.9. The first kappa shape index (κ1) is 35.2. The molecule has 2 heteroatoms. The fourth-order valence-corrected chi connectivity index (χ4v) is 8.73. The minimum Gasteiger partial charge on any atom is -0.456 e. The van der Waals surface area contributed by atoms with E-state index in [1.807, 2.05) is 0 Å². The van der Waals surface area contributed by atoms with Crippen molar-refractivity contribution in [2.75, 3.05) is 4.90 Å². The zero-order chi connectivity index (χ0) is 39.8. The van der Waals surface area contributed by atoms with Crippen molar-refractivity contribution in [3.8, 4) is 78.3 Å². The van der Waals surface area contributed by atoms with E-state index in [0.29, 0.717) is 0 Å². The van der Waals surface area contributed by atoms with Gasteiger partial charge >= 0.3 is 0 Å². The van der Waals surface area contributed by atoms with E-state index in [4.69, 9.17) is 4.74 Å². The van der Waals surface area contributed by atoms with Crippen LogP contribution in [0.25, 0.3) is 77.5 Å². The summed E-state index contributed by atoms with van der Waals surface area (Å²) in [6, 6.07) is 84.6. The minimum atomic E-state index is 0.844. The van der Waals surface area contributed by atoms with Crippen LogP contribution in [-0.2, 0) is 0 Å². The number of rotatable bonds is 7. The smallest absolute Gasteiger partial charge is 0.135 e. The third-order valence-electron chi connectivity index (χ3n) is 11.7. The normalized spacial score (nSPS) is 11.5. The molecule has 10 aromatic carbocycles. The van der Waals surface area contributed by atoms with Crippen LogP contribution in [0.5, 0.6) is 11.5 Å². The van der Waals surface area contributed by atoms with Gasteiger partial charge in [0.25, 0.3) is 0 Å². The summed E-state index contributed by atoms with van der Waals surface area (Å²) in [4.78, 5) is 2.36. The third kappa shape index (κ3) is 6.41. The Bertz CT molecular complexity index is 3140. The fraction of sp³-hybridized carbons (Fsp3) is 0. The van der Waals surface area contributed by atoms with E-state index in [2.05, 4.69) is 241 Å². The molecule has 0 unspecified atom stereocenters. The summed E-state index contributed by atoms with van der Waals surface area (Å²) in [6.07, 6.45) is 0. The number of benzene rings is 10. The molecular weight excluding hydrogens is 727 g/mol. The molecule has 11 rings (SSSR count). The Morgan fingerprint density at radius 1 is 0.283 bits per heavy atom. The van der Waals surface area contributed by atoms with Crippen molar-refractivity contribution < 1.29 is 4.74 Å². The summed E-state index contributed by atoms with van der Waals surface area (Å²) in [5, 5.41) is 2.37. The first-order valence-corrected chi connectivity index (χ1v) is 20.5. The average Bonchev–Trinajstić information content (AvgIpc) is 3.47. The molecule has 60 heavy (non-hydrogen) atoms. The number of hydrogen-bond acceptors (Lipinski definition) is 2. The van der Waals surface area contributed by atoms with Crippen LogP contribution in [-0.4, -0.2) is 0 Å². The maximum Gasteiger partial charge on any atom is 0.135 e. The molecule has 2 nitrogen and oxygen atoms in total. The lowest BCUT2D eigenvalue weighted by Crippen LogP contribution is -2.11. The van der Waals surface area contributed by atoms with Gasteiger partial charge in [-0.2, -0.15) is 0 Å². The topological polar surface area (TPSA) is 12.5 Å². The molecule has 0 atom stereocenters. The number of nitrogens with zero attached hydrogens (tertiary/aromatic N) is 1. The lowest BCUT2D eigenvalue weighted by atomic mass is 9.88. The molecule has 0 spiro atoms. The number of ether oxygens (including phenoxy) is 1. The van der Waals surface area contributed by atoms with Crippen molar-refractivity contribution in [2.45, 2.75) is 0 Å². The summed E-state index contributed by atoms with van der Waals surface area (Å²) < 4.78 is 6.97. The van der Waals surface area contributed by atoms with Crippen LogP contribution in [0, 0.1) is 0 Å². The van der Waals surface area contributed by atoms with Crippen LogP contribution in [0.3, 0.4) is 0 Å². The Labute approximate surface area is 350 Å². The molecule has 0 aromatic heterocycles. The summed E-state index contributed by atoms with van der Waals surface area (Å²) in [5.74, 6) is 1.70. The van der Waals surface area contributed by atoms with Crippen LogP contribution in [0.15, 0.2) is 237 Å². The highest BCUT2D eigenvalue weighted by Crippen LogP contribution is 2.51. The van der Waals surface area contributed by atoms with Gasteiger partial charge in [-0.05, 0) is 115 Å². The first-order chi connectivity index (χ1) is 29.7. The summed E-state index contributed by atoms with van der Waals surface area (Å²) in [7, 11) is 0. The van der Waals surface area contributed by atoms with E-state index in [-0.39, 0.29) is 0 Å². The third-order valence-corrected chi connectivity index (χ3v) is 11.7. The van der Waals surface area contributed by atoms with Crippen LogP contribution < -0.4 is 9.64 Å². The maximum absolute atomic E-state index is 6.97. The predicted octanol–water partition coefficient (Wildman–Crippen LogP) is 16.4. The van der Waals surface area contributed by atoms with Crippen molar-refractivity contribution in [1.82, 2.24) is 0 Å². The highest BCUT2D eigenvalue weighted by atomic mass is 16.5. The van der Waals surface area contributed by atoms with E-state index < -0.39 is 0 Å². The fourth-order valence-electron chi connectivity index (χ4n) is 8.73. The summed E-state index contributed by atoms with van der Waals surface area (Å²) >= 11 is 0. The Morgan fingerprint density at radius 3 is 1.47 bits per heavy atom. The molecule has 0 saturated heterocycles. The summed E-state index contributed by atoms with van der Waals surface area (Å²) in [6.45, 7) is 0. The molecule has 282 valence electrons. The van der Waals surface area contributed by atoms with Gasteiger partial charge in [0.15, 0.2) is 0 Å². The molecule has 0 aliphatic carbocycles. The monoisotopic (exact) mass is 765 g/mol. The van der Waals surface area contributed by atoms with Gasteiger partial charge in [0.2, 0.25) is 0 Å². The molecule has 10 aromatic rings. The summed E-state index contributed by atoms with van der Waals surface area (Å²) in [5.41, 5.74) is 17.1. The first-order valence-electron chi connectivity index (χ1n) is 20.5. The zero-order valence-corrected chi connectivity index (χ0v) is 32.9. The molecule has 0 radical (unpaired) electrons. The van der Waals surface area contributed by atoms with Crippen molar-refractivity contribution in [2.24, 2.45) is 0 Å². The number of para-hydroxylation sites is 1. The van der Waals surface area contributed by atoms with Gasteiger partial charge in [-0.1, -0.05) is 182 Å². The van der Waals surface area contributed by atoms with Gasteiger partial charge < -0.3 is 9.64 Å². The molecule has 0 amide bonds. The van der Waals surface area contributed by atoms with Gasteiger partial charge in [-0.15, -0.1) is 0 Å². The Kier molecular flexibility index (Phi) is 8.87. The highest BCUT2D eigenvalue weighted by molar-refractivity contribution is 6.06. The van der Waals surface area contributed by atoms with Crippen LogP contribution in [0.2, 0.25) is 0 Å². The molecule has 1 aliphatic rings. The van der Waals surface area contributed by atoms with Crippen LogP contribution in [0.4, 0.5) is 17.1 Å². The lowest BCUT2D eigenvalue weighted by molar-refractivity contribution is 0.488. The Balaban J connectivity index is 1.00. The number of fused-ring (bicyclic) bond motifs is 7. The molecular formula is C58H39NO. The van der Waals surface area contributed by atoms with Gasteiger partial charge in [0.05, 0.1) is 5.69 Å². The maximum atomic E-state index is 6.97. The highest BCUT2D eigenvalue weighted by Gasteiger charge is 2.24. The Hall–Kier alpha value is -7.94. The lowest BCUT2D eigenvalue weighted by Gasteiger charge is -2.28. The second-order valence-corrected chi connectivity index (χ2v) is 15.3. The van der Waals surface area contributed by atoms with E-state index >= 15 is 0 Å². The minimum absolute atomic E-state index is 0.844. The van der Waals surface area contributed by atoms with Gasteiger partial charge in [-0.3, -0.25) is 0 Å². The average molecular weight is 766 g/mol. The molecule has 0 N–H and O–H groups in total. The van der Waals surface area contributed by atoms with Crippen molar-refractivity contribution in [3.05, 3.63) is 237 Å². The van der Waals surface area contributed by atoms with E-state index in [0.717, 1.165) is 56.4 Å². The van der Waals surface area contributed by atoms with Crippen molar-refractivity contribution in [1.29, 1.82) is 0 Å². The number of anilines is 3. The molecule has 0 saturated carbocycles. The van der Waals surface area contributed by atoms with Gasteiger partial charge in [-0.25, -0.2) is 0 Å². The van der Waals surface area contributed by atoms with Gasteiger partial charge in [0.1, 0.15) is 11.5 Å². The largest absolute Gasteiger partial charge is 0.456 e. The van der Waals surface area contributed by atoms with E-state index in [1.165, 1.54) is 49.7 Å². The van der Waals surface area contributed by atoms with Crippen molar-refractivity contribution >= 4 is 27.8 Å². The van der Waals surface area contributed by atoms with Crippen LogP contribution in [0.1, 0.15) is 0 Å². The standard InChI is InChI=1S/C58H39NO/c1-4-14-40(15-5-1)42-24-31-48(32-25-42)59(55-23-13-12-21-50(55)44-18-8-3-9-19-44)49-33-26-43(27-34-49)47-29-36-53-52-35-28-46(41-16-6-2-7-17-41)38-54(52)58-51-22-11-10-20-45(51)30-37-56(58)60-57(53)39-47/h1-39H.